The van der Waals surface area contributed by atoms with Crippen molar-refractivity contribution in [3.05, 3.63) is 144 Å². The predicted molar refractivity (Wildman–Crippen MR) is 220 cm³/mol. The lowest BCUT2D eigenvalue weighted by Gasteiger charge is -2.35. The lowest BCUT2D eigenvalue weighted by molar-refractivity contribution is 0.173. The normalized spacial score (nSPS) is 11.2. The summed E-state index contributed by atoms with van der Waals surface area (Å²) in [6.07, 6.45) is 0. The molecule has 9 radical (unpaired) electrons. The first-order valence-corrected chi connectivity index (χ1v) is 20.4. The van der Waals surface area contributed by atoms with Gasteiger partial charge in [0.15, 0.2) is 34.5 Å². The van der Waals surface area contributed by atoms with Crippen molar-refractivity contribution in [1.29, 1.82) is 0 Å². The van der Waals surface area contributed by atoms with Crippen molar-refractivity contribution in [2.45, 2.75) is 5.60 Å². The van der Waals surface area contributed by atoms with E-state index in [-0.39, 0.29) is 0 Å². The van der Waals surface area contributed by atoms with Crippen molar-refractivity contribution >= 4 is 70.2 Å². The molecule has 6 aromatic carbocycles. The van der Waals surface area contributed by atoms with E-state index < -0.39 is 5.60 Å². The van der Waals surface area contributed by atoms with Gasteiger partial charge in [0.2, 0.25) is 10.5 Å². The van der Waals surface area contributed by atoms with Gasteiger partial charge in [0.1, 0.15) is 34.2 Å². The van der Waals surface area contributed by atoms with E-state index in [0.29, 0.717) is 45.8 Å². The zero-order valence-corrected chi connectivity index (χ0v) is 35.0. The summed E-state index contributed by atoms with van der Waals surface area (Å²) in [5, 5.41) is 6.67. The number of methoxy groups -OCH3 is 6. The van der Waals surface area contributed by atoms with Gasteiger partial charge in [0, 0.05) is 0 Å². The molecule has 0 unspecified atom stereocenters. The Hall–Kier alpha value is -5.05. The lowest BCUT2D eigenvalue weighted by atomic mass is 9.80. The van der Waals surface area contributed by atoms with Crippen molar-refractivity contribution in [2.24, 2.45) is 0 Å². The molecule has 0 fully saturated rings. The molecular weight excluding hydrogens is 741 g/mol. The smallest absolute Gasteiger partial charge is 0.248 e. The Morgan fingerprint density at radius 3 is 0.870 bits per heavy atom. The Balaban J connectivity index is 1.38. The van der Waals surface area contributed by atoms with Crippen LogP contribution in [0.1, 0.15) is 16.7 Å². The van der Waals surface area contributed by atoms with E-state index in [1.807, 2.05) is 36.4 Å². The molecule has 0 aliphatic rings. The average Bonchev–Trinajstić information content (AvgIpc) is 3.22. The summed E-state index contributed by atoms with van der Waals surface area (Å²) in [4.78, 5) is 0. The summed E-state index contributed by atoms with van der Waals surface area (Å²) in [6, 6.07) is 43.7. The zero-order valence-electron chi connectivity index (χ0n) is 31.0. The third-order valence-corrected chi connectivity index (χ3v) is 13.2. The summed E-state index contributed by atoms with van der Waals surface area (Å²) in [5.74, 6) is 4.40. The highest BCUT2D eigenvalue weighted by Gasteiger charge is 2.36. The van der Waals surface area contributed by atoms with E-state index in [0.717, 1.165) is 65.1 Å². The van der Waals surface area contributed by atoms with Gasteiger partial charge in [-0.2, -0.15) is 0 Å². The zero-order chi connectivity index (χ0) is 38.1. The number of rotatable bonds is 16. The standard InChI is InChI=1S/C43H39O7Si4/c1-44-34-10-7-13-37(40(34)47-4)52-31-22-16-28(17-23-31)43(50-51,29-18-24-32(25-19-29)53-38-14-8-11-35(45-2)41(38)48-5)30-20-26-33(27-21-30)54-39-15-9-12-36(46-3)42(39)49-6/h7-27H,1-6H3. The number of para-hydroxylation sites is 3. The Kier molecular flexibility index (Phi) is 12.8. The molecule has 0 aliphatic heterocycles. The Morgan fingerprint density at radius 2 is 0.648 bits per heavy atom. The molecule has 0 spiro atoms. The summed E-state index contributed by atoms with van der Waals surface area (Å²) in [7, 11) is 14.7. The second-order valence-electron chi connectivity index (χ2n) is 12.0. The fourth-order valence-electron chi connectivity index (χ4n) is 6.46. The number of benzene rings is 6. The van der Waals surface area contributed by atoms with E-state index in [2.05, 4.69) is 101 Å². The first-order chi connectivity index (χ1) is 26.4. The highest BCUT2D eigenvalue weighted by Crippen LogP contribution is 2.39. The van der Waals surface area contributed by atoms with Gasteiger partial charge in [-0.15, -0.1) is 0 Å². The van der Waals surface area contributed by atoms with Crippen LogP contribution < -0.4 is 59.5 Å². The van der Waals surface area contributed by atoms with Crippen LogP contribution in [0.25, 0.3) is 0 Å². The molecule has 54 heavy (non-hydrogen) atoms. The largest absolute Gasteiger partial charge is 0.493 e. The molecule has 7 nitrogen and oxygen atoms in total. The van der Waals surface area contributed by atoms with Crippen molar-refractivity contribution in [3.8, 4) is 34.5 Å². The summed E-state index contributed by atoms with van der Waals surface area (Å²) in [6.45, 7) is 0. The van der Waals surface area contributed by atoms with Gasteiger partial charge in [-0.1, -0.05) is 125 Å². The maximum absolute atomic E-state index is 6.47. The van der Waals surface area contributed by atoms with Crippen LogP contribution in [-0.2, 0) is 10.0 Å². The first kappa shape index (κ1) is 38.7. The number of ether oxygens (including phenoxy) is 6. The van der Waals surface area contributed by atoms with E-state index in [1.54, 1.807) is 42.7 Å². The highest BCUT2D eigenvalue weighted by atomic mass is 28.2. The molecule has 0 N–H and O–H groups in total. The summed E-state index contributed by atoms with van der Waals surface area (Å²) < 4.78 is 40.3. The summed E-state index contributed by atoms with van der Waals surface area (Å²) in [5.41, 5.74) is 1.94. The Bertz CT molecular complexity index is 1920. The van der Waals surface area contributed by atoms with E-state index >= 15 is 0 Å². The molecule has 11 heteroatoms. The third-order valence-electron chi connectivity index (χ3n) is 9.07. The minimum Gasteiger partial charge on any atom is -0.493 e. The van der Waals surface area contributed by atoms with Crippen LogP contribution in [0.15, 0.2) is 127 Å². The van der Waals surface area contributed by atoms with Gasteiger partial charge >= 0.3 is 0 Å². The SMILES string of the molecule is COc1cccc([Si]c2ccc(C(O[Si])(c3ccc([Si]c4cccc(OC)c4OC)cc3)c3ccc([Si]c4cccc(OC)c4OC)cc3)cc2)c1OC. The van der Waals surface area contributed by atoms with E-state index in [4.69, 9.17) is 32.8 Å². The number of hydrogen-bond acceptors (Lipinski definition) is 7. The maximum Gasteiger partial charge on any atom is 0.248 e. The van der Waals surface area contributed by atoms with Crippen LogP contribution in [0, 0.1) is 0 Å². The Labute approximate surface area is 328 Å². The quantitative estimate of drug-likeness (QED) is 0.111. The molecule has 0 bridgehead atoms. The molecule has 0 amide bonds. The van der Waals surface area contributed by atoms with E-state index in [1.165, 1.54) is 0 Å². The molecule has 269 valence electrons. The highest BCUT2D eigenvalue weighted by molar-refractivity contribution is 6.69. The van der Waals surface area contributed by atoms with E-state index in [9.17, 15) is 0 Å². The van der Waals surface area contributed by atoms with Crippen molar-refractivity contribution in [2.75, 3.05) is 42.7 Å². The van der Waals surface area contributed by atoms with Crippen molar-refractivity contribution in [3.63, 3.8) is 0 Å². The fourth-order valence-corrected chi connectivity index (χ4v) is 10.3. The fraction of sp³-hybridized carbons (Fsp3) is 0.163. The second-order valence-corrected chi connectivity index (χ2v) is 16.3. The second kappa shape index (κ2) is 17.8. The monoisotopic (exact) mass is 779 g/mol. The molecule has 0 atom stereocenters. The van der Waals surface area contributed by atoms with Crippen LogP contribution >= 0.6 is 0 Å². The minimum absolute atomic E-state index is 0.365. The molecule has 6 rings (SSSR count). The van der Waals surface area contributed by atoms with Gasteiger partial charge in [-0.05, 0) is 50.4 Å². The van der Waals surface area contributed by atoms with Gasteiger partial charge in [-0.3, -0.25) is 0 Å². The van der Waals surface area contributed by atoms with Gasteiger partial charge in [0.05, 0.1) is 42.7 Å². The molecule has 0 heterocycles. The third kappa shape index (κ3) is 7.91. The van der Waals surface area contributed by atoms with Crippen molar-refractivity contribution < 1.29 is 32.8 Å². The molecular formula is C43H39O7Si4. The van der Waals surface area contributed by atoms with Crippen LogP contribution in [0.3, 0.4) is 0 Å². The average molecular weight is 780 g/mol. The number of hydrogen-bond donors (Lipinski definition) is 0. The van der Waals surface area contributed by atoms with Crippen LogP contribution in [-0.4, -0.2) is 81.7 Å². The molecule has 0 saturated heterocycles. The van der Waals surface area contributed by atoms with Crippen LogP contribution in [0.5, 0.6) is 34.5 Å². The van der Waals surface area contributed by atoms with Crippen molar-refractivity contribution in [1.82, 2.24) is 0 Å². The predicted octanol–water partition coefficient (Wildman–Crippen LogP) is 3.10. The van der Waals surface area contributed by atoms with Crippen LogP contribution in [0.4, 0.5) is 0 Å². The maximum atomic E-state index is 6.47. The first-order valence-electron chi connectivity index (χ1n) is 17.0. The van der Waals surface area contributed by atoms with Gasteiger partial charge in [0.25, 0.3) is 0 Å². The topological polar surface area (TPSA) is 64.6 Å². The summed E-state index contributed by atoms with van der Waals surface area (Å²) >= 11 is 0. The molecule has 0 aliphatic carbocycles. The molecule has 0 saturated carbocycles. The molecule has 0 aromatic heterocycles. The lowest BCUT2D eigenvalue weighted by Crippen LogP contribution is -2.35. The van der Waals surface area contributed by atoms with Gasteiger partial charge < -0.3 is 32.8 Å². The van der Waals surface area contributed by atoms with Crippen LogP contribution in [0.2, 0.25) is 0 Å². The minimum atomic E-state index is -0.975. The molecule has 6 aromatic rings. The Morgan fingerprint density at radius 1 is 0.370 bits per heavy atom. The van der Waals surface area contributed by atoms with Gasteiger partial charge in [-0.25, -0.2) is 0 Å².